The van der Waals surface area contributed by atoms with Crippen LogP contribution in [0.1, 0.15) is 52.0 Å². The number of carbonyl (C=O) groups excluding carboxylic acids is 1. The van der Waals surface area contributed by atoms with Crippen LogP contribution in [-0.2, 0) is 4.74 Å². The van der Waals surface area contributed by atoms with Crippen LogP contribution in [0.15, 0.2) is 24.3 Å². The third-order valence-electron chi connectivity index (χ3n) is 8.02. The van der Waals surface area contributed by atoms with Gasteiger partial charge >= 0.3 is 6.09 Å². The smallest absolute Gasteiger partial charge is 0.410 e. The Morgan fingerprint density at radius 2 is 1.80 bits per heavy atom. The molecular weight excluding hydrogens is 442 g/mol. The van der Waals surface area contributed by atoms with Crippen LogP contribution in [0.25, 0.3) is 0 Å². The van der Waals surface area contributed by atoms with E-state index in [1.807, 2.05) is 4.90 Å². The van der Waals surface area contributed by atoms with Crippen molar-refractivity contribution in [2.24, 2.45) is 29.6 Å². The molecule has 0 radical (unpaired) electrons. The van der Waals surface area contributed by atoms with Gasteiger partial charge in [-0.25, -0.2) is 4.79 Å². The molecule has 192 valence electrons. The lowest BCUT2D eigenvalue weighted by atomic mass is 9.75. The highest BCUT2D eigenvalue weighted by Gasteiger charge is 2.39. The summed E-state index contributed by atoms with van der Waals surface area (Å²) in [5.41, 5.74) is 0.587. The van der Waals surface area contributed by atoms with E-state index in [0.29, 0.717) is 47.4 Å². The van der Waals surface area contributed by atoms with Crippen molar-refractivity contribution in [2.75, 3.05) is 39.3 Å². The van der Waals surface area contributed by atoms with Crippen LogP contribution in [-0.4, -0.2) is 72.5 Å². The van der Waals surface area contributed by atoms with Gasteiger partial charge in [0.25, 0.3) is 0 Å². The van der Waals surface area contributed by atoms with Gasteiger partial charge in [-0.05, 0) is 73.1 Å². The number of β-amino-alcohol motifs (C(OH)–C–C–N with tert-alkyl or cyclic N) is 1. The molecule has 2 aliphatic heterocycles. The second kappa shape index (κ2) is 11.6. The van der Waals surface area contributed by atoms with Gasteiger partial charge in [0, 0.05) is 32.7 Å². The van der Waals surface area contributed by atoms with Crippen molar-refractivity contribution < 1.29 is 19.4 Å². The summed E-state index contributed by atoms with van der Waals surface area (Å²) in [6, 6.07) is 9.01. The molecule has 1 aromatic carbocycles. The van der Waals surface area contributed by atoms with Gasteiger partial charge in [-0.1, -0.05) is 27.2 Å². The molecule has 0 aromatic heterocycles. The molecule has 1 aliphatic carbocycles. The Labute approximate surface area is 210 Å². The minimum Gasteiger partial charge on any atom is -0.491 e. The van der Waals surface area contributed by atoms with Crippen molar-refractivity contribution in [2.45, 2.75) is 58.7 Å². The van der Waals surface area contributed by atoms with Gasteiger partial charge in [-0.3, -0.25) is 4.90 Å². The van der Waals surface area contributed by atoms with Crippen LogP contribution in [0.4, 0.5) is 4.79 Å². The van der Waals surface area contributed by atoms with E-state index in [4.69, 9.17) is 14.7 Å². The van der Waals surface area contributed by atoms with Gasteiger partial charge < -0.3 is 19.5 Å². The van der Waals surface area contributed by atoms with Crippen molar-refractivity contribution in [3.05, 3.63) is 29.8 Å². The van der Waals surface area contributed by atoms with Crippen LogP contribution < -0.4 is 4.74 Å². The van der Waals surface area contributed by atoms with Gasteiger partial charge in [0.15, 0.2) is 0 Å². The summed E-state index contributed by atoms with van der Waals surface area (Å²) < 4.78 is 11.8. The lowest BCUT2D eigenvalue weighted by Crippen LogP contribution is -2.56. The molecule has 7 nitrogen and oxygen atoms in total. The van der Waals surface area contributed by atoms with Crippen LogP contribution in [0.3, 0.4) is 0 Å². The van der Waals surface area contributed by atoms with Crippen molar-refractivity contribution in [3.63, 3.8) is 0 Å². The standard InChI is InChI=1S/C28H41N3O4/c1-19(2)26-9-4-20(3)10-27(26)35-28(33)31-15-22-11-23(16-31)14-30(13-22)17-24(32)18-34-25-7-5-21(12-29)6-8-25/h5-8,19-20,22-24,26-27,32H,4,9-11,13-18H2,1-3H3. The van der Waals surface area contributed by atoms with E-state index in [1.165, 1.54) is 6.42 Å². The Morgan fingerprint density at radius 1 is 1.11 bits per heavy atom. The molecule has 3 fully saturated rings. The predicted molar refractivity (Wildman–Crippen MR) is 134 cm³/mol. The third-order valence-corrected chi connectivity index (χ3v) is 8.02. The number of hydrogen-bond acceptors (Lipinski definition) is 6. The van der Waals surface area contributed by atoms with Crippen molar-refractivity contribution in [3.8, 4) is 11.8 Å². The number of rotatable bonds is 7. The number of aliphatic hydroxyl groups is 1. The number of amides is 1. The number of hydrogen-bond donors (Lipinski definition) is 1. The average molecular weight is 484 g/mol. The third kappa shape index (κ3) is 6.89. The minimum atomic E-state index is -0.591. The molecule has 2 saturated heterocycles. The number of benzene rings is 1. The number of nitrogens with zero attached hydrogens (tertiary/aromatic N) is 3. The maximum absolute atomic E-state index is 13.1. The van der Waals surface area contributed by atoms with E-state index in [1.54, 1.807) is 24.3 Å². The molecule has 2 bridgehead atoms. The largest absolute Gasteiger partial charge is 0.491 e. The molecule has 6 atom stereocenters. The molecule has 1 saturated carbocycles. The van der Waals surface area contributed by atoms with E-state index in [2.05, 4.69) is 31.7 Å². The van der Waals surface area contributed by atoms with Gasteiger partial charge in [0.1, 0.15) is 24.6 Å². The normalized spacial score (nSPS) is 29.9. The first-order valence-corrected chi connectivity index (χ1v) is 13.3. The quantitative estimate of drug-likeness (QED) is 0.627. The fraction of sp³-hybridized carbons (Fsp3) is 0.714. The van der Waals surface area contributed by atoms with E-state index in [0.717, 1.165) is 45.4 Å². The zero-order valence-corrected chi connectivity index (χ0v) is 21.4. The summed E-state index contributed by atoms with van der Waals surface area (Å²) in [7, 11) is 0. The zero-order valence-electron chi connectivity index (χ0n) is 21.4. The first-order chi connectivity index (χ1) is 16.8. The molecular formula is C28H41N3O4. The van der Waals surface area contributed by atoms with Gasteiger partial charge in [-0.15, -0.1) is 0 Å². The minimum absolute atomic E-state index is 0.0377. The molecule has 1 amide bonds. The molecule has 4 rings (SSSR count). The van der Waals surface area contributed by atoms with Crippen molar-refractivity contribution in [1.29, 1.82) is 5.26 Å². The molecule has 0 spiro atoms. The molecule has 1 aromatic rings. The SMILES string of the molecule is CC1CCC(C(C)C)C(OC(=O)N2CC3CC(CN(CC(O)COc4ccc(C#N)cc4)C3)C2)C1. The first kappa shape index (κ1) is 25.8. The molecule has 6 unspecified atom stereocenters. The number of likely N-dealkylation sites (tertiary alicyclic amines) is 2. The van der Waals surface area contributed by atoms with Gasteiger partial charge in [0.2, 0.25) is 0 Å². The molecule has 7 heteroatoms. The second-order valence-electron chi connectivity index (χ2n) is 11.4. The number of ether oxygens (including phenoxy) is 2. The summed E-state index contributed by atoms with van der Waals surface area (Å²) in [4.78, 5) is 17.4. The van der Waals surface area contributed by atoms with E-state index in [-0.39, 0.29) is 18.8 Å². The Kier molecular flexibility index (Phi) is 8.56. The van der Waals surface area contributed by atoms with E-state index < -0.39 is 6.10 Å². The summed E-state index contributed by atoms with van der Waals surface area (Å²) in [6.07, 6.45) is 3.80. The number of aliphatic hydroxyl groups excluding tert-OH is 1. The first-order valence-electron chi connectivity index (χ1n) is 13.3. The second-order valence-corrected chi connectivity index (χ2v) is 11.4. The summed E-state index contributed by atoms with van der Waals surface area (Å²) in [5, 5.41) is 19.4. The van der Waals surface area contributed by atoms with Crippen LogP contribution in [0, 0.1) is 40.9 Å². The van der Waals surface area contributed by atoms with Crippen molar-refractivity contribution >= 4 is 6.09 Å². The number of piperidine rings is 2. The van der Waals surface area contributed by atoms with Crippen LogP contribution in [0.5, 0.6) is 5.75 Å². The fourth-order valence-corrected chi connectivity index (χ4v) is 6.31. The summed E-state index contributed by atoms with van der Waals surface area (Å²) >= 11 is 0. The molecule has 1 N–H and O–H groups in total. The van der Waals surface area contributed by atoms with Crippen LogP contribution in [0.2, 0.25) is 0 Å². The highest BCUT2D eigenvalue weighted by Crippen LogP contribution is 2.36. The van der Waals surface area contributed by atoms with E-state index in [9.17, 15) is 9.90 Å². The molecule has 35 heavy (non-hydrogen) atoms. The summed E-state index contributed by atoms with van der Waals surface area (Å²) in [6.45, 7) is 10.7. The Balaban J connectivity index is 1.23. The Bertz CT molecular complexity index is 869. The highest BCUT2D eigenvalue weighted by molar-refractivity contribution is 5.68. The van der Waals surface area contributed by atoms with Crippen LogP contribution >= 0.6 is 0 Å². The summed E-state index contributed by atoms with van der Waals surface area (Å²) in [5.74, 6) is 3.08. The van der Waals surface area contributed by atoms with E-state index >= 15 is 0 Å². The number of carbonyl (C=O) groups is 1. The topological polar surface area (TPSA) is 86.0 Å². The molecule has 3 aliphatic rings. The fourth-order valence-electron chi connectivity index (χ4n) is 6.31. The number of fused-ring (bicyclic) bond motifs is 2. The monoisotopic (exact) mass is 483 g/mol. The maximum atomic E-state index is 13.1. The van der Waals surface area contributed by atoms with Crippen molar-refractivity contribution in [1.82, 2.24) is 9.80 Å². The lowest BCUT2D eigenvalue weighted by molar-refractivity contribution is -0.0335. The molecule has 2 heterocycles. The van der Waals surface area contributed by atoms with Gasteiger partial charge in [0.05, 0.1) is 11.6 Å². The average Bonchev–Trinajstić information content (AvgIpc) is 2.82. The lowest BCUT2D eigenvalue weighted by Gasteiger charge is -2.46. The Hall–Kier alpha value is -2.30. The zero-order chi connectivity index (χ0) is 24.9. The van der Waals surface area contributed by atoms with Gasteiger partial charge in [-0.2, -0.15) is 5.26 Å². The Morgan fingerprint density at radius 3 is 2.43 bits per heavy atom. The number of nitriles is 1. The predicted octanol–water partition coefficient (Wildman–Crippen LogP) is 4.15. The highest BCUT2D eigenvalue weighted by atomic mass is 16.6. The maximum Gasteiger partial charge on any atom is 0.410 e.